The predicted octanol–water partition coefficient (Wildman–Crippen LogP) is 3.32. The first kappa shape index (κ1) is 26.1. The maximum absolute atomic E-state index is 13.3. The average molecular weight is 560 g/mol. The number of Topliss-reactive ketones (excluding diaryl/α,β-unsaturated/α-hetero) is 1. The molecule has 4 rings (SSSR count). The highest BCUT2D eigenvalue weighted by molar-refractivity contribution is 9.10. The minimum atomic E-state index is -0.762. The predicted molar refractivity (Wildman–Crippen MR) is 137 cm³/mol. The molecule has 1 atom stereocenters. The van der Waals surface area contributed by atoms with E-state index >= 15 is 0 Å². The number of methoxy groups -OCH3 is 1. The minimum Gasteiger partial charge on any atom is -0.507 e. The molecule has 0 saturated carbocycles. The second-order valence-electron chi connectivity index (χ2n) is 8.97. The largest absolute Gasteiger partial charge is 0.507 e. The third kappa shape index (κ3) is 4.98. The first-order valence-corrected chi connectivity index (χ1v) is 12.7. The van der Waals surface area contributed by atoms with Gasteiger partial charge in [-0.15, -0.1) is 0 Å². The highest BCUT2D eigenvalue weighted by Gasteiger charge is 2.46. The smallest absolute Gasteiger partial charge is 0.354 e. The highest BCUT2D eigenvalue weighted by atomic mass is 79.9. The Kier molecular flexibility index (Phi) is 7.97. The minimum absolute atomic E-state index is 0.00564. The number of ether oxygens (including phenoxy) is 2. The van der Waals surface area contributed by atoms with Gasteiger partial charge in [0.15, 0.2) is 0 Å². The number of nitrogens with one attached hydrogen (secondary N) is 1. The van der Waals surface area contributed by atoms with Crippen molar-refractivity contribution < 1.29 is 29.0 Å². The van der Waals surface area contributed by atoms with Crippen LogP contribution in [-0.4, -0.2) is 84.1 Å². The number of ketones is 1. The summed E-state index contributed by atoms with van der Waals surface area (Å²) in [6.45, 7) is 7.53. The second-order valence-corrected chi connectivity index (χ2v) is 9.89. The van der Waals surface area contributed by atoms with Gasteiger partial charge in [0.25, 0.3) is 11.7 Å². The molecule has 2 aromatic rings. The molecular formula is C26H30BrN3O6. The molecule has 2 aliphatic rings. The molecule has 1 amide bonds. The number of esters is 1. The SMILES string of the molecule is COC(=O)c1[nH]c(C)c(C(O)=C2C(=O)C(=O)N(CCCN3CCOCC3)[C@@H]2c2cccc(Br)c2)c1C. The standard InChI is InChI=1S/C26H30BrN3O6/c1-15-19(16(2)28-21(15)26(34)35-3)23(31)20-22(17-6-4-7-18(27)14-17)30(25(33)24(20)32)9-5-8-29-10-12-36-13-11-29/h4,6-7,14,22,28,31H,5,8-13H2,1-3H3/t22-/m1/s1. The van der Waals surface area contributed by atoms with Crippen LogP contribution in [0.25, 0.3) is 5.76 Å². The third-order valence-electron chi connectivity index (χ3n) is 6.75. The second kappa shape index (κ2) is 11.0. The molecule has 0 radical (unpaired) electrons. The van der Waals surface area contributed by atoms with E-state index in [-0.39, 0.29) is 17.0 Å². The molecule has 1 aromatic heterocycles. The molecule has 0 aliphatic carbocycles. The number of aryl methyl sites for hydroxylation is 1. The lowest BCUT2D eigenvalue weighted by molar-refractivity contribution is -0.140. The molecule has 2 aliphatic heterocycles. The van der Waals surface area contributed by atoms with Gasteiger partial charge in [-0.1, -0.05) is 28.1 Å². The topological polar surface area (TPSA) is 112 Å². The van der Waals surface area contributed by atoms with Crippen molar-refractivity contribution >= 4 is 39.3 Å². The summed E-state index contributed by atoms with van der Waals surface area (Å²) in [5.74, 6) is -2.29. The third-order valence-corrected chi connectivity index (χ3v) is 7.24. The number of aromatic amines is 1. The summed E-state index contributed by atoms with van der Waals surface area (Å²) >= 11 is 3.47. The summed E-state index contributed by atoms with van der Waals surface area (Å²) < 4.78 is 11.0. The van der Waals surface area contributed by atoms with Crippen molar-refractivity contribution in [2.75, 3.05) is 46.5 Å². The first-order chi connectivity index (χ1) is 17.2. The molecule has 0 bridgehead atoms. The zero-order chi connectivity index (χ0) is 26.0. The van der Waals surface area contributed by atoms with Crippen LogP contribution in [0.15, 0.2) is 34.3 Å². The van der Waals surface area contributed by atoms with Gasteiger partial charge in [0, 0.05) is 41.9 Å². The molecule has 2 N–H and O–H groups in total. The number of nitrogens with zero attached hydrogens (tertiary/aromatic N) is 2. The lowest BCUT2D eigenvalue weighted by Gasteiger charge is -2.29. The van der Waals surface area contributed by atoms with E-state index in [0.29, 0.717) is 48.6 Å². The number of carbonyl (C=O) groups is 3. The Labute approximate surface area is 218 Å². The van der Waals surface area contributed by atoms with Gasteiger partial charge < -0.3 is 24.5 Å². The Hall–Kier alpha value is -2.95. The van der Waals surface area contributed by atoms with Gasteiger partial charge in [0.1, 0.15) is 11.5 Å². The van der Waals surface area contributed by atoms with Crippen LogP contribution in [0.1, 0.15) is 45.3 Å². The lowest BCUT2D eigenvalue weighted by Crippen LogP contribution is -2.38. The fourth-order valence-corrected chi connectivity index (χ4v) is 5.39. The van der Waals surface area contributed by atoms with E-state index in [1.165, 1.54) is 12.0 Å². The van der Waals surface area contributed by atoms with E-state index in [1.54, 1.807) is 13.8 Å². The molecule has 10 heteroatoms. The Morgan fingerprint density at radius 3 is 2.61 bits per heavy atom. The van der Waals surface area contributed by atoms with E-state index in [1.807, 2.05) is 24.3 Å². The summed E-state index contributed by atoms with van der Waals surface area (Å²) in [5.41, 5.74) is 2.17. The van der Waals surface area contributed by atoms with Gasteiger partial charge >= 0.3 is 5.97 Å². The Bertz CT molecular complexity index is 1210. The Morgan fingerprint density at radius 2 is 1.94 bits per heavy atom. The number of amides is 1. The number of carbonyl (C=O) groups excluding carboxylic acids is 3. The first-order valence-electron chi connectivity index (χ1n) is 11.9. The molecule has 2 saturated heterocycles. The van der Waals surface area contributed by atoms with Crippen LogP contribution in [0.5, 0.6) is 0 Å². The van der Waals surface area contributed by atoms with Gasteiger partial charge in [0.05, 0.1) is 31.9 Å². The van der Waals surface area contributed by atoms with Crippen LogP contribution in [-0.2, 0) is 19.1 Å². The highest BCUT2D eigenvalue weighted by Crippen LogP contribution is 2.41. The summed E-state index contributed by atoms with van der Waals surface area (Å²) in [7, 11) is 1.27. The van der Waals surface area contributed by atoms with E-state index in [2.05, 4.69) is 25.8 Å². The van der Waals surface area contributed by atoms with Crippen molar-refractivity contribution in [2.45, 2.75) is 26.3 Å². The fraction of sp³-hybridized carbons (Fsp3) is 0.423. The fourth-order valence-electron chi connectivity index (χ4n) is 4.97. The summed E-state index contributed by atoms with van der Waals surface area (Å²) in [5, 5.41) is 11.5. The van der Waals surface area contributed by atoms with Crippen LogP contribution < -0.4 is 0 Å². The maximum Gasteiger partial charge on any atom is 0.354 e. The monoisotopic (exact) mass is 559 g/mol. The van der Waals surface area contributed by atoms with Crippen LogP contribution in [0, 0.1) is 13.8 Å². The number of hydrogen-bond acceptors (Lipinski definition) is 7. The van der Waals surface area contributed by atoms with Crippen LogP contribution in [0.4, 0.5) is 0 Å². The number of morpholine rings is 1. The molecule has 36 heavy (non-hydrogen) atoms. The quantitative estimate of drug-likeness (QED) is 0.231. The Morgan fingerprint density at radius 1 is 1.22 bits per heavy atom. The van der Waals surface area contributed by atoms with Gasteiger partial charge in [-0.2, -0.15) is 0 Å². The normalized spacial score (nSPS) is 20.2. The lowest BCUT2D eigenvalue weighted by atomic mass is 9.94. The molecule has 0 unspecified atom stereocenters. The summed E-state index contributed by atoms with van der Waals surface area (Å²) in [4.78, 5) is 45.5. The van der Waals surface area contributed by atoms with E-state index in [0.717, 1.165) is 24.1 Å². The van der Waals surface area contributed by atoms with Gasteiger partial charge in [-0.05, 0) is 43.5 Å². The van der Waals surface area contributed by atoms with Crippen molar-refractivity contribution in [2.24, 2.45) is 0 Å². The number of hydrogen-bond donors (Lipinski definition) is 2. The van der Waals surface area contributed by atoms with Crippen molar-refractivity contribution in [1.29, 1.82) is 0 Å². The summed E-state index contributed by atoms with van der Waals surface area (Å²) in [6, 6.07) is 6.60. The molecule has 0 spiro atoms. The van der Waals surface area contributed by atoms with Gasteiger partial charge in [-0.25, -0.2) is 4.79 Å². The number of aliphatic hydroxyl groups is 1. The van der Waals surface area contributed by atoms with Crippen LogP contribution >= 0.6 is 15.9 Å². The van der Waals surface area contributed by atoms with E-state index < -0.39 is 23.7 Å². The number of aromatic nitrogens is 1. The van der Waals surface area contributed by atoms with Crippen LogP contribution in [0.2, 0.25) is 0 Å². The van der Waals surface area contributed by atoms with Crippen molar-refractivity contribution in [3.05, 3.63) is 62.4 Å². The van der Waals surface area contributed by atoms with Gasteiger partial charge in [-0.3, -0.25) is 14.5 Å². The number of benzene rings is 1. The Balaban J connectivity index is 1.75. The van der Waals surface area contributed by atoms with Crippen molar-refractivity contribution in [3.63, 3.8) is 0 Å². The molecule has 192 valence electrons. The van der Waals surface area contributed by atoms with E-state index in [4.69, 9.17) is 9.47 Å². The molecule has 9 nitrogen and oxygen atoms in total. The number of likely N-dealkylation sites (tertiary alicyclic amines) is 1. The molecule has 1 aromatic carbocycles. The zero-order valence-electron chi connectivity index (χ0n) is 20.6. The molecular weight excluding hydrogens is 530 g/mol. The van der Waals surface area contributed by atoms with Crippen molar-refractivity contribution in [3.8, 4) is 0 Å². The number of rotatable bonds is 7. The number of halogens is 1. The van der Waals surface area contributed by atoms with Gasteiger partial charge in [0.2, 0.25) is 0 Å². The number of H-pyrrole nitrogens is 1. The molecule has 2 fully saturated rings. The maximum atomic E-state index is 13.3. The average Bonchev–Trinajstić information content (AvgIpc) is 3.31. The van der Waals surface area contributed by atoms with E-state index in [9.17, 15) is 19.5 Å². The summed E-state index contributed by atoms with van der Waals surface area (Å²) in [6.07, 6.45) is 0.673. The number of aliphatic hydroxyl groups excluding tert-OH is 1. The van der Waals surface area contributed by atoms with Crippen LogP contribution in [0.3, 0.4) is 0 Å². The molecule has 3 heterocycles. The van der Waals surface area contributed by atoms with Crippen molar-refractivity contribution in [1.82, 2.24) is 14.8 Å². The zero-order valence-corrected chi connectivity index (χ0v) is 22.2.